The maximum Gasteiger partial charge on any atom is 0.410 e. The number of hydrogen-bond acceptors (Lipinski definition) is 5. The summed E-state index contributed by atoms with van der Waals surface area (Å²) >= 11 is 3.15. The summed E-state index contributed by atoms with van der Waals surface area (Å²) in [6, 6.07) is 3.27. The number of rotatable bonds is 3. The van der Waals surface area contributed by atoms with Crippen LogP contribution < -0.4 is 4.74 Å². The molecule has 0 atom stereocenters. The van der Waals surface area contributed by atoms with E-state index >= 15 is 0 Å². The maximum absolute atomic E-state index is 14.5. The number of aliphatic hydroxyl groups is 1. The summed E-state index contributed by atoms with van der Waals surface area (Å²) in [6.07, 6.45) is 0.0737. The van der Waals surface area contributed by atoms with E-state index in [-0.39, 0.29) is 23.4 Å². The Hall–Kier alpha value is -2.13. The van der Waals surface area contributed by atoms with Gasteiger partial charge in [0, 0.05) is 18.5 Å². The van der Waals surface area contributed by atoms with Gasteiger partial charge in [0.05, 0.1) is 36.1 Å². The number of nitrogens with zero attached hydrogens (tertiary/aromatic N) is 3. The molecule has 0 saturated heterocycles. The number of carbonyl (C=O) groups is 1. The van der Waals surface area contributed by atoms with Gasteiger partial charge < -0.3 is 19.5 Å². The van der Waals surface area contributed by atoms with E-state index < -0.39 is 17.5 Å². The predicted octanol–water partition coefficient (Wildman–Crippen LogP) is 3.57. The number of amides is 1. The number of carbonyl (C=O) groups excluding carboxylic acids is 1. The predicted molar refractivity (Wildman–Crippen MR) is 104 cm³/mol. The SMILES string of the molecule is COc1c(-n2nc(CO)c3c2CCN(C(=O)OC(C)(C)C)C3)ccc(Br)c1F. The smallest absolute Gasteiger partial charge is 0.410 e. The van der Waals surface area contributed by atoms with Gasteiger partial charge in [-0.05, 0) is 48.8 Å². The molecule has 3 rings (SSSR count). The minimum absolute atomic E-state index is 0.0544. The molecule has 0 fully saturated rings. The average Bonchev–Trinajstić information content (AvgIpc) is 3.00. The zero-order valence-corrected chi connectivity index (χ0v) is 17.8. The first-order valence-electron chi connectivity index (χ1n) is 8.87. The Balaban J connectivity index is 2.00. The normalized spacial score (nSPS) is 14.0. The number of fused-ring (bicyclic) bond motifs is 1. The highest BCUT2D eigenvalue weighted by molar-refractivity contribution is 9.10. The summed E-state index contributed by atoms with van der Waals surface area (Å²) in [6.45, 7) is 5.84. The molecule has 1 aromatic carbocycles. The van der Waals surface area contributed by atoms with E-state index in [2.05, 4.69) is 21.0 Å². The molecule has 7 nitrogen and oxygen atoms in total. The number of halogens is 2. The monoisotopic (exact) mass is 455 g/mol. The molecule has 152 valence electrons. The Bertz CT molecular complexity index is 908. The van der Waals surface area contributed by atoms with E-state index in [1.165, 1.54) is 7.11 Å². The summed E-state index contributed by atoms with van der Waals surface area (Å²) in [5, 5.41) is 14.2. The van der Waals surface area contributed by atoms with E-state index in [1.54, 1.807) is 21.7 Å². The van der Waals surface area contributed by atoms with Crippen LogP contribution >= 0.6 is 15.9 Å². The first-order chi connectivity index (χ1) is 13.2. The van der Waals surface area contributed by atoms with Gasteiger partial charge in [0.1, 0.15) is 11.3 Å². The molecule has 9 heteroatoms. The van der Waals surface area contributed by atoms with Crippen molar-refractivity contribution < 1.29 is 23.8 Å². The lowest BCUT2D eigenvalue weighted by atomic mass is 10.1. The van der Waals surface area contributed by atoms with Gasteiger partial charge in [0.2, 0.25) is 0 Å². The first-order valence-corrected chi connectivity index (χ1v) is 9.66. The van der Waals surface area contributed by atoms with Crippen molar-refractivity contribution in [3.05, 3.63) is 39.4 Å². The van der Waals surface area contributed by atoms with Crippen LogP contribution in [0.3, 0.4) is 0 Å². The minimum atomic E-state index is -0.594. The van der Waals surface area contributed by atoms with Gasteiger partial charge in [-0.2, -0.15) is 5.10 Å². The van der Waals surface area contributed by atoms with Crippen LogP contribution in [0.15, 0.2) is 16.6 Å². The fraction of sp³-hybridized carbons (Fsp3) is 0.474. The van der Waals surface area contributed by atoms with Gasteiger partial charge in [-0.1, -0.05) is 0 Å². The lowest BCUT2D eigenvalue weighted by Crippen LogP contribution is -2.40. The molecule has 0 saturated carbocycles. The Morgan fingerprint density at radius 1 is 1.39 bits per heavy atom. The van der Waals surface area contributed by atoms with Gasteiger partial charge in [-0.3, -0.25) is 0 Å². The second-order valence-electron chi connectivity index (χ2n) is 7.51. The number of hydrogen-bond donors (Lipinski definition) is 1. The lowest BCUT2D eigenvalue weighted by Gasteiger charge is -2.30. The van der Waals surface area contributed by atoms with Crippen molar-refractivity contribution in [1.82, 2.24) is 14.7 Å². The van der Waals surface area contributed by atoms with Gasteiger partial charge in [0.25, 0.3) is 0 Å². The standard InChI is InChI=1S/C19H23BrFN3O4/c1-19(2,3)28-18(26)23-8-7-14-11(9-23)13(10-25)22-24(14)15-6-5-12(20)16(21)17(15)27-4/h5-6,25H,7-10H2,1-4H3. The first kappa shape index (κ1) is 20.6. The number of aliphatic hydroxyl groups excluding tert-OH is 1. The molecule has 0 aliphatic carbocycles. The molecule has 28 heavy (non-hydrogen) atoms. The number of ether oxygens (including phenoxy) is 2. The molecule has 0 unspecified atom stereocenters. The molecule has 0 bridgehead atoms. The zero-order valence-electron chi connectivity index (χ0n) is 16.3. The number of methoxy groups -OCH3 is 1. The van der Waals surface area contributed by atoms with E-state index in [0.717, 1.165) is 11.3 Å². The van der Waals surface area contributed by atoms with E-state index in [4.69, 9.17) is 9.47 Å². The van der Waals surface area contributed by atoms with Crippen molar-refractivity contribution in [2.45, 2.75) is 45.9 Å². The molecule has 1 aromatic heterocycles. The fourth-order valence-corrected chi connectivity index (χ4v) is 3.49. The van der Waals surface area contributed by atoms with Crippen LogP contribution in [0.4, 0.5) is 9.18 Å². The third-order valence-electron chi connectivity index (χ3n) is 4.40. The third kappa shape index (κ3) is 3.86. The van der Waals surface area contributed by atoms with Crippen molar-refractivity contribution in [2.75, 3.05) is 13.7 Å². The molecule has 1 aliphatic rings. The third-order valence-corrected chi connectivity index (χ3v) is 5.02. The molecule has 1 N–H and O–H groups in total. The summed E-state index contributed by atoms with van der Waals surface area (Å²) in [5.41, 5.74) is 1.83. The van der Waals surface area contributed by atoms with Crippen molar-refractivity contribution >= 4 is 22.0 Å². The van der Waals surface area contributed by atoms with E-state index in [0.29, 0.717) is 24.3 Å². The molecule has 0 spiro atoms. The Labute approximate surface area is 171 Å². The van der Waals surface area contributed by atoms with Crippen LogP contribution in [0.1, 0.15) is 37.7 Å². The average molecular weight is 456 g/mol. The summed E-state index contributed by atoms with van der Waals surface area (Å²) < 4.78 is 27.0. The largest absolute Gasteiger partial charge is 0.491 e. The zero-order chi connectivity index (χ0) is 20.6. The van der Waals surface area contributed by atoms with Crippen molar-refractivity contribution in [2.24, 2.45) is 0 Å². The molecule has 0 radical (unpaired) electrons. The quantitative estimate of drug-likeness (QED) is 0.765. The highest BCUT2D eigenvalue weighted by Gasteiger charge is 2.31. The maximum atomic E-state index is 14.5. The molecular formula is C19H23BrFN3O4. The van der Waals surface area contributed by atoms with Crippen molar-refractivity contribution in [1.29, 1.82) is 0 Å². The summed E-state index contributed by atoms with van der Waals surface area (Å²) in [4.78, 5) is 14.0. The van der Waals surface area contributed by atoms with Crippen LogP contribution in [0.25, 0.3) is 5.69 Å². The summed E-state index contributed by atoms with van der Waals surface area (Å²) in [7, 11) is 1.39. The number of aromatic nitrogens is 2. The molecule has 1 aliphatic heterocycles. The second-order valence-corrected chi connectivity index (χ2v) is 8.36. The Morgan fingerprint density at radius 2 is 2.11 bits per heavy atom. The molecule has 2 aromatic rings. The van der Waals surface area contributed by atoms with E-state index in [9.17, 15) is 14.3 Å². The Kier molecular flexibility index (Phi) is 5.67. The second kappa shape index (κ2) is 7.71. The molecular weight excluding hydrogens is 433 g/mol. The van der Waals surface area contributed by atoms with Crippen LogP contribution in [-0.2, 0) is 24.3 Å². The highest BCUT2D eigenvalue weighted by Crippen LogP contribution is 2.34. The van der Waals surface area contributed by atoms with Crippen LogP contribution in [0, 0.1) is 5.82 Å². The van der Waals surface area contributed by atoms with Gasteiger partial charge >= 0.3 is 6.09 Å². The molecule has 1 amide bonds. The minimum Gasteiger partial charge on any atom is -0.491 e. The van der Waals surface area contributed by atoms with Crippen LogP contribution in [-0.4, -0.2) is 45.1 Å². The topological polar surface area (TPSA) is 76.8 Å². The highest BCUT2D eigenvalue weighted by atomic mass is 79.9. The van der Waals surface area contributed by atoms with Crippen molar-refractivity contribution in [3.63, 3.8) is 0 Å². The van der Waals surface area contributed by atoms with Gasteiger partial charge in [0.15, 0.2) is 11.6 Å². The van der Waals surface area contributed by atoms with Crippen molar-refractivity contribution in [3.8, 4) is 11.4 Å². The van der Waals surface area contributed by atoms with Crippen LogP contribution in [0.5, 0.6) is 5.75 Å². The van der Waals surface area contributed by atoms with Crippen LogP contribution in [0.2, 0.25) is 0 Å². The van der Waals surface area contributed by atoms with Gasteiger partial charge in [-0.15, -0.1) is 0 Å². The number of benzene rings is 1. The lowest BCUT2D eigenvalue weighted by molar-refractivity contribution is 0.0222. The molecule has 2 heterocycles. The fourth-order valence-electron chi connectivity index (χ4n) is 3.18. The summed E-state index contributed by atoms with van der Waals surface area (Å²) in [5.74, 6) is -0.472. The van der Waals surface area contributed by atoms with Gasteiger partial charge in [-0.25, -0.2) is 13.9 Å². The Morgan fingerprint density at radius 3 is 2.71 bits per heavy atom. The van der Waals surface area contributed by atoms with E-state index in [1.807, 2.05) is 20.8 Å².